The Bertz CT molecular complexity index is 1030. The predicted molar refractivity (Wildman–Crippen MR) is 131 cm³/mol. The third kappa shape index (κ3) is 6.26. The monoisotopic (exact) mass is 455 g/mol. The van der Waals surface area contributed by atoms with Gasteiger partial charge in [0.25, 0.3) is 0 Å². The number of imidazole rings is 1. The molecule has 6 heteroatoms. The van der Waals surface area contributed by atoms with Gasteiger partial charge in [0.2, 0.25) is 5.91 Å². The van der Waals surface area contributed by atoms with Crippen LogP contribution in [0.3, 0.4) is 0 Å². The lowest BCUT2D eigenvalue weighted by atomic mass is 10.0. The molecule has 0 radical (unpaired) electrons. The van der Waals surface area contributed by atoms with E-state index in [4.69, 9.17) is 21.3 Å². The van der Waals surface area contributed by atoms with E-state index in [2.05, 4.69) is 29.8 Å². The summed E-state index contributed by atoms with van der Waals surface area (Å²) < 4.78 is 8.17. The predicted octanol–water partition coefficient (Wildman–Crippen LogP) is 5.95. The highest BCUT2D eigenvalue weighted by Crippen LogP contribution is 2.21. The molecule has 3 aromatic rings. The summed E-state index contributed by atoms with van der Waals surface area (Å²) in [6.45, 7) is 8.25. The summed E-state index contributed by atoms with van der Waals surface area (Å²) in [4.78, 5) is 17.1. The summed E-state index contributed by atoms with van der Waals surface area (Å²) in [5, 5.41) is 3.84. The van der Waals surface area contributed by atoms with Crippen LogP contribution in [0.1, 0.15) is 50.9 Å². The molecule has 0 aliphatic carbocycles. The Morgan fingerprint density at radius 2 is 1.94 bits per heavy atom. The van der Waals surface area contributed by atoms with Crippen LogP contribution in [0.5, 0.6) is 5.75 Å². The van der Waals surface area contributed by atoms with Gasteiger partial charge in [0.15, 0.2) is 0 Å². The number of halogens is 1. The number of carbonyl (C=O) groups excluding carboxylic acids is 1. The zero-order valence-electron chi connectivity index (χ0n) is 19.4. The summed E-state index contributed by atoms with van der Waals surface area (Å²) in [7, 11) is 0. The Morgan fingerprint density at radius 3 is 2.69 bits per heavy atom. The summed E-state index contributed by atoms with van der Waals surface area (Å²) in [6, 6.07) is 14.0. The number of fused-ring (bicyclic) bond motifs is 1. The molecule has 5 nitrogen and oxygen atoms in total. The maximum absolute atomic E-state index is 12.3. The van der Waals surface area contributed by atoms with Gasteiger partial charge in [-0.1, -0.05) is 37.6 Å². The molecular formula is C26H34ClN3O2. The van der Waals surface area contributed by atoms with Gasteiger partial charge in [-0.3, -0.25) is 4.79 Å². The third-order valence-electron chi connectivity index (χ3n) is 5.91. The summed E-state index contributed by atoms with van der Waals surface area (Å²) in [5.41, 5.74) is 3.17. The Labute approximate surface area is 196 Å². The van der Waals surface area contributed by atoms with E-state index in [9.17, 15) is 4.79 Å². The molecule has 2 aromatic carbocycles. The number of hydrogen-bond donors (Lipinski definition) is 1. The summed E-state index contributed by atoms with van der Waals surface area (Å²) in [6.07, 6.45) is 4.40. The number of nitrogens with one attached hydrogen (secondary N) is 1. The lowest BCUT2D eigenvalue weighted by molar-refractivity contribution is -0.125. The van der Waals surface area contributed by atoms with Crippen molar-refractivity contribution in [3.63, 3.8) is 0 Å². The minimum atomic E-state index is 0.0956. The highest BCUT2D eigenvalue weighted by atomic mass is 35.5. The molecule has 0 saturated carbocycles. The van der Waals surface area contributed by atoms with Gasteiger partial charge in [-0.15, -0.1) is 0 Å². The summed E-state index contributed by atoms with van der Waals surface area (Å²) >= 11 is 6.08. The zero-order chi connectivity index (χ0) is 22.9. The number of aromatic nitrogens is 2. The molecular weight excluding hydrogens is 422 g/mol. The van der Waals surface area contributed by atoms with Gasteiger partial charge in [-0.2, -0.15) is 0 Å². The molecule has 1 aromatic heterocycles. The number of nitrogens with zero attached hydrogens (tertiary/aromatic N) is 2. The van der Waals surface area contributed by atoms with Crippen LogP contribution in [0.4, 0.5) is 0 Å². The average Bonchev–Trinajstić information content (AvgIpc) is 3.14. The van der Waals surface area contributed by atoms with Crippen molar-refractivity contribution < 1.29 is 9.53 Å². The third-order valence-corrected chi connectivity index (χ3v) is 6.34. The van der Waals surface area contributed by atoms with Gasteiger partial charge >= 0.3 is 0 Å². The van der Waals surface area contributed by atoms with Gasteiger partial charge in [-0.05, 0) is 68.5 Å². The second-order valence-electron chi connectivity index (χ2n) is 8.19. The smallest absolute Gasteiger partial charge is 0.223 e. The molecule has 0 bridgehead atoms. The van der Waals surface area contributed by atoms with Crippen molar-refractivity contribution in [2.75, 3.05) is 13.2 Å². The minimum absolute atomic E-state index is 0.0956. The van der Waals surface area contributed by atoms with Gasteiger partial charge in [0.05, 0.1) is 17.6 Å². The van der Waals surface area contributed by atoms with E-state index in [0.29, 0.717) is 13.2 Å². The van der Waals surface area contributed by atoms with Crippen LogP contribution >= 0.6 is 11.6 Å². The van der Waals surface area contributed by atoms with Gasteiger partial charge in [0.1, 0.15) is 11.6 Å². The van der Waals surface area contributed by atoms with Crippen LogP contribution in [0.15, 0.2) is 42.5 Å². The molecule has 0 spiro atoms. The number of unbranched alkanes of at least 4 members (excludes halogenated alkanes) is 1. The Hall–Kier alpha value is -2.53. The van der Waals surface area contributed by atoms with Gasteiger partial charge in [0, 0.05) is 30.5 Å². The van der Waals surface area contributed by atoms with Crippen LogP contribution in [0.25, 0.3) is 11.0 Å². The fraction of sp³-hybridized carbons (Fsp3) is 0.462. The van der Waals surface area contributed by atoms with E-state index < -0.39 is 0 Å². The molecule has 172 valence electrons. The van der Waals surface area contributed by atoms with Crippen LogP contribution in [-0.2, 0) is 17.8 Å². The van der Waals surface area contributed by atoms with Gasteiger partial charge in [-0.25, -0.2) is 4.98 Å². The van der Waals surface area contributed by atoms with Crippen molar-refractivity contribution in [2.45, 2.75) is 59.4 Å². The first-order chi connectivity index (χ1) is 15.5. The maximum atomic E-state index is 12.3. The normalized spacial score (nSPS) is 11.3. The first kappa shape index (κ1) is 24.1. The SMILES string of the molecule is CCC(CC)C(=O)NCCc1nc2ccccc2n1CCCCOc1ccc(Cl)c(C)c1. The van der Waals surface area contributed by atoms with E-state index in [1.807, 2.05) is 43.3 Å². The quantitative estimate of drug-likeness (QED) is 0.343. The fourth-order valence-electron chi connectivity index (χ4n) is 3.94. The highest BCUT2D eigenvalue weighted by molar-refractivity contribution is 6.31. The first-order valence-corrected chi connectivity index (χ1v) is 12.0. The number of para-hydroxylation sites is 2. The lowest BCUT2D eigenvalue weighted by Gasteiger charge is -2.13. The van der Waals surface area contributed by atoms with Crippen molar-refractivity contribution in [3.8, 4) is 5.75 Å². The number of benzene rings is 2. The second kappa shape index (κ2) is 11.9. The maximum Gasteiger partial charge on any atom is 0.223 e. The molecule has 1 heterocycles. The molecule has 0 aliphatic heterocycles. The topological polar surface area (TPSA) is 56.2 Å². The molecule has 0 unspecified atom stereocenters. The molecule has 1 N–H and O–H groups in total. The molecule has 0 fully saturated rings. The number of amides is 1. The number of rotatable bonds is 12. The zero-order valence-corrected chi connectivity index (χ0v) is 20.1. The number of ether oxygens (including phenoxy) is 1. The van der Waals surface area contributed by atoms with Crippen molar-refractivity contribution in [1.82, 2.24) is 14.9 Å². The van der Waals surface area contributed by atoms with E-state index in [1.54, 1.807) is 0 Å². The Balaban J connectivity index is 1.55. The van der Waals surface area contributed by atoms with E-state index in [-0.39, 0.29) is 11.8 Å². The largest absolute Gasteiger partial charge is 0.494 e. The molecule has 0 saturated heterocycles. The number of carbonyl (C=O) groups is 1. The molecule has 3 rings (SSSR count). The van der Waals surface area contributed by atoms with Crippen molar-refractivity contribution in [2.24, 2.45) is 5.92 Å². The lowest BCUT2D eigenvalue weighted by Crippen LogP contribution is -2.32. The van der Waals surface area contributed by atoms with Crippen LogP contribution < -0.4 is 10.1 Å². The summed E-state index contributed by atoms with van der Waals surface area (Å²) in [5.74, 6) is 2.12. The standard InChI is InChI=1S/C26H34ClN3O2/c1-4-20(5-2)26(31)28-15-14-25-29-23-10-6-7-11-24(23)30(25)16-8-9-17-32-21-12-13-22(27)19(3)18-21/h6-7,10-13,18,20H,4-5,8-9,14-17H2,1-3H3,(H,28,31). The first-order valence-electron chi connectivity index (χ1n) is 11.6. The molecule has 0 atom stereocenters. The fourth-order valence-corrected chi connectivity index (χ4v) is 4.05. The van der Waals surface area contributed by atoms with E-state index in [0.717, 1.165) is 71.8 Å². The Morgan fingerprint density at radius 1 is 1.16 bits per heavy atom. The second-order valence-corrected chi connectivity index (χ2v) is 8.60. The van der Waals surface area contributed by atoms with Crippen LogP contribution in [-0.4, -0.2) is 28.6 Å². The van der Waals surface area contributed by atoms with Crippen molar-refractivity contribution >= 4 is 28.5 Å². The molecule has 1 amide bonds. The highest BCUT2D eigenvalue weighted by Gasteiger charge is 2.15. The van der Waals surface area contributed by atoms with E-state index in [1.165, 1.54) is 0 Å². The van der Waals surface area contributed by atoms with Crippen LogP contribution in [0, 0.1) is 12.8 Å². The number of hydrogen-bond acceptors (Lipinski definition) is 3. The van der Waals surface area contributed by atoms with E-state index >= 15 is 0 Å². The molecule has 32 heavy (non-hydrogen) atoms. The van der Waals surface area contributed by atoms with Crippen molar-refractivity contribution in [1.29, 1.82) is 0 Å². The molecule has 0 aliphatic rings. The van der Waals surface area contributed by atoms with Gasteiger partial charge < -0.3 is 14.6 Å². The van der Waals surface area contributed by atoms with Crippen LogP contribution in [0.2, 0.25) is 5.02 Å². The minimum Gasteiger partial charge on any atom is -0.494 e. The Kier molecular flexibility index (Phi) is 8.98. The average molecular weight is 456 g/mol. The van der Waals surface area contributed by atoms with Crippen molar-refractivity contribution in [3.05, 3.63) is 58.9 Å². The number of aryl methyl sites for hydroxylation is 2.